The predicted octanol–water partition coefficient (Wildman–Crippen LogP) is 2.24. The molecule has 5 nitrogen and oxygen atoms in total. The third-order valence-electron chi connectivity index (χ3n) is 3.09. The van der Waals surface area contributed by atoms with E-state index < -0.39 is 29.4 Å². The van der Waals surface area contributed by atoms with E-state index in [1.54, 1.807) is 20.8 Å². The molecule has 1 aliphatic heterocycles. The molecule has 0 aromatic carbocycles. The second kappa shape index (κ2) is 5.93. The van der Waals surface area contributed by atoms with Crippen LogP contribution >= 0.6 is 0 Å². The fourth-order valence-corrected chi connectivity index (χ4v) is 2.24. The number of nitrogens with one attached hydrogen (secondary N) is 1. The van der Waals surface area contributed by atoms with Gasteiger partial charge in [0, 0.05) is 19.6 Å². The molecule has 2 rings (SSSR count). The molecular formula is C14H19F2N3O2. The molecule has 0 radical (unpaired) electrons. The number of pyridine rings is 1. The summed E-state index contributed by atoms with van der Waals surface area (Å²) in [6.07, 6.45) is 1.31. The first-order valence-electron chi connectivity index (χ1n) is 6.79. The first-order valence-corrected chi connectivity index (χ1v) is 6.79. The van der Waals surface area contributed by atoms with Gasteiger partial charge >= 0.3 is 6.09 Å². The Kier molecular flexibility index (Phi) is 4.41. The van der Waals surface area contributed by atoms with Crippen LogP contribution in [0.25, 0.3) is 0 Å². The van der Waals surface area contributed by atoms with Crippen molar-refractivity contribution in [3.8, 4) is 0 Å². The molecule has 116 valence electrons. The summed E-state index contributed by atoms with van der Waals surface area (Å²) in [5, 5.41) is 3.03. The lowest BCUT2D eigenvalue weighted by atomic mass is 10.0. The summed E-state index contributed by atoms with van der Waals surface area (Å²) in [5.41, 5.74) is -0.829. The monoisotopic (exact) mass is 299 g/mol. The van der Waals surface area contributed by atoms with Crippen molar-refractivity contribution < 1.29 is 18.3 Å². The number of carbonyl (C=O) groups excluding carboxylic acids is 1. The summed E-state index contributed by atoms with van der Waals surface area (Å²) in [4.78, 5) is 17.0. The van der Waals surface area contributed by atoms with Gasteiger partial charge in [0.15, 0.2) is 0 Å². The number of amides is 1. The highest BCUT2D eigenvalue weighted by Crippen LogP contribution is 2.28. The van der Waals surface area contributed by atoms with Gasteiger partial charge in [0.05, 0.1) is 24.0 Å². The van der Waals surface area contributed by atoms with Crippen LogP contribution in [-0.4, -0.2) is 41.2 Å². The van der Waals surface area contributed by atoms with Crippen molar-refractivity contribution in [3.63, 3.8) is 0 Å². The van der Waals surface area contributed by atoms with E-state index in [1.807, 2.05) is 0 Å². The van der Waals surface area contributed by atoms with Crippen molar-refractivity contribution in [2.45, 2.75) is 32.4 Å². The maximum Gasteiger partial charge on any atom is 0.410 e. The van der Waals surface area contributed by atoms with Gasteiger partial charge in [-0.3, -0.25) is 9.88 Å². The molecule has 1 aromatic heterocycles. The van der Waals surface area contributed by atoms with E-state index in [0.717, 1.165) is 12.4 Å². The highest BCUT2D eigenvalue weighted by Gasteiger charge is 2.34. The van der Waals surface area contributed by atoms with Crippen molar-refractivity contribution in [2.75, 3.05) is 19.6 Å². The molecule has 7 heteroatoms. The Morgan fingerprint density at radius 1 is 1.38 bits per heavy atom. The van der Waals surface area contributed by atoms with Crippen molar-refractivity contribution in [1.29, 1.82) is 0 Å². The molecule has 0 spiro atoms. The van der Waals surface area contributed by atoms with E-state index >= 15 is 0 Å². The highest BCUT2D eigenvalue weighted by molar-refractivity contribution is 5.69. The summed E-state index contributed by atoms with van der Waals surface area (Å²) in [5.74, 6) is -1.53. The fourth-order valence-electron chi connectivity index (χ4n) is 2.24. The van der Waals surface area contributed by atoms with E-state index in [9.17, 15) is 13.6 Å². The minimum absolute atomic E-state index is 0.164. The van der Waals surface area contributed by atoms with E-state index in [4.69, 9.17) is 4.74 Å². The maximum absolute atomic E-state index is 13.9. The minimum atomic E-state index is -0.766. The number of ether oxygens (including phenoxy) is 1. The predicted molar refractivity (Wildman–Crippen MR) is 72.7 cm³/mol. The summed E-state index contributed by atoms with van der Waals surface area (Å²) >= 11 is 0. The van der Waals surface area contributed by atoms with Gasteiger partial charge in [-0.2, -0.15) is 0 Å². The largest absolute Gasteiger partial charge is 0.444 e. The molecule has 1 N–H and O–H groups in total. The van der Waals surface area contributed by atoms with Gasteiger partial charge in [0.2, 0.25) is 0 Å². The quantitative estimate of drug-likeness (QED) is 0.864. The number of rotatable bonds is 1. The molecular weight excluding hydrogens is 280 g/mol. The molecule has 1 aromatic rings. The third-order valence-corrected chi connectivity index (χ3v) is 3.09. The van der Waals surface area contributed by atoms with Gasteiger partial charge in [0.1, 0.15) is 17.2 Å². The summed E-state index contributed by atoms with van der Waals surface area (Å²) in [6.45, 7) is 6.36. The highest BCUT2D eigenvalue weighted by atomic mass is 19.1. The Labute approximate surface area is 122 Å². The molecule has 1 atom stereocenters. The van der Waals surface area contributed by atoms with Crippen molar-refractivity contribution in [2.24, 2.45) is 0 Å². The van der Waals surface area contributed by atoms with Gasteiger partial charge in [-0.25, -0.2) is 13.6 Å². The van der Waals surface area contributed by atoms with Crippen LogP contribution < -0.4 is 5.32 Å². The number of halogens is 2. The fraction of sp³-hybridized carbons (Fsp3) is 0.571. The molecule has 1 amide bonds. The summed E-state index contributed by atoms with van der Waals surface area (Å²) in [7, 11) is 0. The van der Waals surface area contributed by atoms with E-state index in [2.05, 4.69) is 10.3 Å². The molecule has 0 saturated carbocycles. The van der Waals surface area contributed by atoms with Crippen LogP contribution in [-0.2, 0) is 4.74 Å². The Hall–Kier alpha value is -1.76. The molecule has 1 unspecified atom stereocenters. The SMILES string of the molecule is CC(C)(C)OC(=O)N1CCNCC1c1c(F)cncc1F. The molecule has 21 heavy (non-hydrogen) atoms. The molecule has 1 fully saturated rings. The second-order valence-corrected chi connectivity index (χ2v) is 5.91. The topological polar surface area (TPSA) is 54.5 Å². The van der Waals surface area contributed by atoms with Crippen LogP contribution in [0.5, 0.6) is 0 Å². The average molecular weight is 299 g/mol. The van der Waals surface area contributed by atoms with Gasteiger partial charge < -0.3 is 10.1 Å². The van der Waals surface area contributed by atoms with E-state index in [1.165, 1.54) is 4.90 Å². The van der Waals surface area contributed by atoms with Crippen LogP contribution in [0.1, 0.15) is 32.4 Å². The number of hydrogen-bond donors (Lipinski definition) is 1. The Morgan fingerprint density at radius 2 is 2.00 bits per heavy atom. The molecule has 0 bridgehead atoms. The molecule has 1 aliphatic rings. The van der Waals surface area contributed by atoms with Crippen LogP contribution in [0.3, 0.4) is 0 Å². The van der Waals surface area contributed by atoms with Crippen molar-refractivity contribution in [1.82, 2.24) is 15.2 Å². The zero-order chi connectivity index (χ0) is 15.6. The molecule has 2 heterocycles. The first kappa shape index (κ1) is 15.6. The minimum Gasteiger partial charge on any atom is -0.444 e. The number of carbonyl (C=O) groups is 1. The van der Waals surface area contributed by atoms with Gasteiger partial charge in [-0.1, -0.05) is 0 Å². The third kappa shape index (κ3) is 3.66. The Balaban J connectivity index is 2.29. The van der Waals surface area contributed by atoms with Crippen LogP contribution in [0.15, 0.2) is 12.4 Å². The van der Waals surface area contributed by atoms with Crippen LogP contribution in [0.2, 0.25) is 0 Å². The number of nitrogens with zero attached hydrogens (tertiary/aromatic N) is 2. The van der Waals surface area contributed by atoms with Gasteiger partial charge in [0.25, 0.3) is 0 Å². The lowest BCUT2D eigenvalue weighted by Crippen LogP contribution is -2.50. The normalized spacial score (nSPS) is 19.5. The van der Waals surface area contributed by atoms with Crippen LogP contribution in [0, 0.1) is 11.6 Å². The van der Waals surface area contributed by atoms with Crippen molar-refractivity contribution in [3.05, 3.63) is 29.6 Å². The van der Waals surface area contributed by atoms with Gasteiger partial charge in [-0.05, 0) is 20.8 Å². The first-order chi connectivity index (χ1) is 9.79. The standard InChI is InChI=1S/C14H19F2N3O2/c1-14(2,3)21-13(20)19-5-4-17-8-11(19)12-9(15)6-18-7-10(12)16/h6-7,11,17H,4-5,8H2,1-3H3. The summed E-state index contributed by atoms with van der Waals surface area (Å²) < 4.78 is 33.1. The van der Waals surface area contributed by atoms with Gasteiger partial charge in [-0.15, -0.1) is 0 Å². The number of hydrogen-bond acceptors (Lipinski definition) is 4. The second-order valence-electron chi connectivity index (χ2n) is 5.91. The smallest absolute Gasteiger partial charge is 0.410 e. The number of aromatic nitrogens is 1. The number of piperazine rings is 1. The Morgan fingerprint density at radius 3 is 2.57 bits per heavy atom. The lowest BCUT2D eigenvalue weighted by molar-refractivity contribution is 0.0111. The molecule has 0 aliphatic carbocycles. The summed E-state index contributed by atoms with van der Waals surface area (Å²) in [6, 6.07) is -0.753. The zero-order valence-corrected chi connectivity index (χ0v) is 12.3. The molecule has 1 saturated heterocycles. The maximum atomic E-state index is 13.9. The lowest BCUT2D eigenvalue weighted by Gasteiger charge is -2.37. The van der Waals surface area contributed by atoms with Crippen LogP contribution in [0.4, 0.5) is 13.6 Å². The zero-order valence-electron chi connectivity index (χ0n) is 12.3. The van der Waals surface area contributed by atoms with E-state index in [-0.39, 0.29) is 12.1 Å². The van der Waals surface area contributed by atoms with Crippen molar-refractivity contribution >= 4 is 6.09 Å². The Bertz CT molecular complexity index is 511. The van der Waals surface area contributed by atoms with E-state index in [0.29, 0.717) is 13.1 Å². The average Bonchev–Trinajstić information content (AvgIpc) is 2.37.